The molecule has 1 atom stereocenters. The Bertz CT molecular complexity index is 73.3. The molecule has 0 aromatic heterocycles. The summed E-state index contributed by atoms with van der Waals surface area (Å²) < 4.78 is 5.04. The Kier molecular flexibility index (Phi) is 5.58. The maximum absolute atomic E-state index is 8.80. The van der Waals surface area contributed by atoms with Crippen LogP contribution in [0.1, 0.15) is 13.8 Å². The summed E-state index contributed by atoms with van der Waals surface area (Å²) >= 11 is 0. The SMILES string of the molecule is CC(C)COC[C@H](O)CO. The molecular weight excluding hydrogens is 132 g/mol. The van der Waals surface area contributed by atoms with Crippen molar-refractivity contribution in [3.8, 4) is 0 Å². The molecule has 0 aliphatic heterocycles. The predicted molar refractivity (Wildman–Crippen MR) is 38.7 cm³/mol. The molecule has 0 saturated heterocycles. The van der Waals surface area contributed by atoms with Crippen LogP contribution in [0.4, 0.5) is 0 Å². The van der Waals surface area contributed by atoms with Gasteiger partial charge in [-0.25, -0.2) is 0 Å². The van der Waals surface area contributed by atoms with Gasteiger partial charge in [-0.1, -0.05) is 13.8 Å². The summed E-state index contributed by atoms with van der Waals surface area (Å²) in [5.74, 6) is 0.478. The quantitative estimate of drug-likeness (QED) is 0.577. The van der Waals surface area contributed by atoms with Gasteiger partial charge in [-0.15, -0.1) is 0 Å². The summed E-state index contributed by atoms with van der Waals surface area (Å²) in [4.78, 5) is 0. The second-order valence-electron chi connectivity index (χ2n) is 2.77. The van der Waals surface area contributed by atoms with E-state index in [1.807, 2.05) is 13.8 Å². The first-order chi connectivity index (χ1) is 4.66. The lowest BCUT2D eigenvalue weighted by atomic mass is 10.2. The van der Waals surface area contributed by atoms with E-state index in [-0.39, 0.29) is 13.2 Å². The van der Waals surface area contributed by atoms with Crippen LogP contribution in [0.5, 0.6) is 0 Å². The molecule has 0 fully saturated rings. The van der Waals surface area contributed by atoms with E-state index in [1.165, 1.54) is 0 Å². The van der Waals surface area contributed by atoms with E-state index >= 15 is 0 Å². The lowest BCUT2D eigenvalue weighted by Crippen LogP contribution is -2.20. The van der Waals surface area contributed by atoms with Crippen molar-refractivity contribution in [2.45, 2.75) is 20.0 Å². The van der Waals surface area contributed by atoms with E-state index in [0.29, 0.717) is 12.5 Å². The van der Waals surface area contributed by atoms with E-state index in [9.17, 15) is 0 Å². The van der Waals surface area contributed by atoms with Crippen molar-refractivity contribution in [3.05, 3.63) is 0 Å². The molecule has 0 bridgehead atoms. The van der Waals surface area contributed by atoms with E-state index in [4.69, 9.17) is 14.9 Å². The Hall–Kier alpha value is -0.120. The number of aliphatic hydroxyl groups excluding tert-OH is 2. The average Bonchev–Trinajstić information content (AvgIpc) is 1.87. The zero-order valence-corrected chi connectivity index (χ0v) is 6.58. The average molecular weight is 148 g/mol. The van der Waals surface area contributed by atoms with Crippen molar-refractivity contribution in [2.24, 2.45) is 5.92 Å². The van der Waals surface area contributed by atoms with Crippen molar-refractivity contribution in [1.29, 1.82) is 0 Å². The van der Waals surface area contributed by atoms with E-state index in [1.54, 1.807) is 0 Å². The fraction of sp³-hybridized carbons (Fsp3) is 1.00. The molecule has 10 heavy (non-hydrogen) atoms. The van der Waals surface area contributed by atoms with Crippen molar-refractivity contribution >= 4 is 0 Å². The highest BCUT2D eigenvalue weighted by molar-refractivity contribution is 4.49. The summed E-state index contributed by atoms with van der Waals surface area (Å²) in [7, 11) is 0. The van der Waals surface area contributed by atoms with Crippen molar-refractivity contribution in [1.82, 2.24) is 0 Å². The van der Waals surface area contributed by atoms with Gasteiger partial charge in [0, 0.05) is 6.61 Å². The van der Waals surface area contributed by atoms with Crippen molar-refractivity contribution in [3.63, 3.8) is 0 Å². The summed E-state index contributed by atoms with van der Waals surface area (Å²) in [6.45, 7) is 4.71. The monoisotopic (exact) mass is 148 g/mol. The lowest BCUT2D eigenvalue weighted by molar-refractivity contribution is -0.00132. The van der Waals surface area contributed by atoms with Crippen LogP contribution >= 0.6 is 0 Å². The summed E-state index contributed by atoms with van der Waals surface area (Å²) in [5.41, 5.74) is 0. The van der Waals surface area contributed by atoms with Crippen LogP contribution in [0.3, 0.4) is 0 Å². The topological polar surface area (TPSA) is 49.7 Å². The number of rotatable bonds is 5. The third-order valence-electron chi connectivity index (χ3n) is 0.972. The molecule has 0 unspecified atom stereocenters. The molecule has 0 amide bonds. The van der Waals surface area contributed by atoms with Crippen LogP contribution < -0.4 is 0 Å². The smallest absolute Gasteiger partial charge is 0.100 e. The molecule has 0 rings (SSSR count). The predicted octanol–water partition coefficient (Wildman–Crippen LogP) is 0.0122. The summed E-state index contributed by atoms with van der Waals surface area (Å²) in [6.07, 6.45) is -0.723. The molecule has 0 spiro atoms. The van der Waals surface area contributed by atoms with Gasteiger partial charge in [-0.3, -0.25) is 0 Å². The molecular formula is C7H16O3. The first-order valence-electron chi connectivity index (χ1n) is 3.53. The summed E-state index contributed by atoms with van der Waals surface area (Å²) in [6, 6.07) is 0. The van der Waals surface area contributed by atoms with Gasteiger partial charge >= 0.3 is 0 Å². The Morgan fingerprint density at radius 1 is 1.30 bits per heavy atom. The lowest BCUT2D eigenvalue weighted by Gasteiger charge is -2.09. The first-order valence-corrected chi connectivity index (χ1v) is 3.53. The molecule has 3 nitrogen and oxygen atoms in total. The molecule has 2 N–H and O–H groups in total. The molecule has 62 valence electrons. The molecule has 0 aromatic rings. The Balaban J connectivity index is 3.03. The molecule has 0 radical (unpaired) electrons. The first kappa shape index (κ1) is 9.88. The van der Waals surface area contributed by atoms with Crippen LogP contribution in [0.25, 0.3) is 0 Å². The second kappa shape index (κ2) is 5.65. The van der Waals surface area contributed by atoms with Crippen LogP contribution in [-0.2, 0) is 4.74 Å². The molecule has 0 aliphatic rings. The van der Waals surface area contributed by atoms with Crippen LogP contribution in [0.15, 0.2) is 0 Å². The van der Waals surface area contributed by atoms with Crippen LogP contribution in [0.2, 0.25) is 0 Å². The summed E-state index contributed by atoms with van der Waals surface area (Å²) in [5, 5.41) is 17.2. The van der Waals surface area contributed by atoms with Gasteiger partial charge in [-0.05, 0) is 5.92 Å². The zero-order valence-electron chi connectivity index (χ0n) is 6.58. The number of hydrogen-bond donors (Lipinski definition) is 2. The number of aliphatic hydroxyl groups is 2. The van der Waals surface area contributed by atoms with Gasteiger partial charge < -0.3 is 14.9 Å². The van der Waals surface area contributed by atoms with Crippen LogP contribution in [0, 0.1) is 5.92 Å². The number of ether oxygens (including phenoxy) is 1. The minimum absolute atomic E-state index is 0.224. The Morgan fingerprint density at radius 2 is 1.90 bits per heavy atom. The highest BCUT2D eigenvalue weighted by atomic mass is 16.5. The van der Waals surface area contributed by atoms with Gasteiger partial charge in [0.25, 0.3) is 0 Å². The van der Waals surface area contributed by atoms with Crippen molar-refractivity contribution < 1.29 is 14.9 Å². The van der Waals surface area contributed by atoms with Gasteiger partial charge in [0.15, 0.2) is 0 Å². The van der Waals surface area contributed by atoms with Gasteiger partial charge in [0.05, 0.1) is 13.2 Å². The van der Waals surface area contributed by atoms with E-state index in [2.05, 4.69) is 0 Å². The minimum Gasteiger partial charge on any atom is -0.394 e. The van der Waals surface area contributed by atoms with E-state index < -0.39 is 6.10 Å². The van der Waals surface area contributed by atoms with Crippen molar-refractivity contribution in [2.75, 3.05) is 19.8 Å². The van der Waals surface area contributed by atoms with Crippen LogP contribution in [-0.4, -0.2) is 36.1 Å². The fourth-order valence-corrected chi connectivity index (χ4v) is 0.492. The van der Waals surface area contributed by atoms with E-state index in [0.717, 1.165) is 0 Å². The standard InChI is InChI=1S/C7H16O3/c1-6(2)4-10-5-7(9)3-8/h6-9H,3-5H2,1-2H3/t7-/m1/s1. The molecule has 0 aromatic carbocycles. The maximum atomic E-state index is 8.80. The largest absolute Gasteiger partial charge is 0.394 e. The molecule has 0 aliphatic carbocycles. The minimum atomic E-state index is -0.723. The highest BCUT2D eigenvalue weighted by Gasteiger charge is 2.01. The maximum Gasteiger partial charge on any atom is 0.100 e. The normalized spacial score (nSPS) is 14.1. The number of hydrogen-bond acceptors (Lipinski definition) is 3. The Labute approximate surface area is 61.6 Å². The molecule has 0 heterocycles. The third-order valence-corrected chi connectivity index (χ3v) is 0.972. The molecule has 0 saturated carbocycles. The van der Waals surface area contributed by atoms with Gasteiger partial charge in [0.1, 0.15) is 6.10 Å². The highest BCUT2D eigenvalue weighted by Crippen LogP contribution is 1.93. The van der Waals surface area contributed by atoms with Gasteiger partial charge in [-0.2, -0.15) is 0 Å². The molecule has 3 heteroatoms. The zero-order chi connectivity index (χ0) is 7.98. The Morgan fingerprint density at radius 3 is 2.30 bits per heavy atom. The fourth-order valence-electron chi connectivity index (χ4n) is 0.492. The third kappa shape index (κ3) is 6.01. The second-order valence-corrected chi connectivity index (χ2v) is 2.77. The van der Waals surface area contributed by atoms with Gasteiger partial charge in [0.2, 0.25) is 0 Å².